The second kappa shape index (κ2) is 34.4. The highest BCUT2D eigenvalue weighted by atomic mass is 33.1. The molecule has 23 heteroatoms. The number of fused-ring (bicyclic) bond motifs is 4. The lowest BCUT2D eigenvalue weighted by Gasteiger charge is -2.20. The summed E-state index contributed by atoms with van der Waals surface area (Å²) in [6.07, 6.45) is 7.15. The molecule has 2 aliphatic carbocycles. The molecule has 3 heterocycles. The molecule has 0 fully saturated rings. The summed E-state index contributed by atoms with van der Waals surface area (Å²) in [4.78, 5) is 71.1. The summed E-state index contributed by atoms with van der Waals surface area (Å²) in [5, 5.41) is 37.9. The molecule has 91 heavy (non-hydrogen) atoms. The van der Waals surface area contributed by atoms with Crippen LogP contribution < -0.4 is 61.6 Å². The van der Waals surface area contributed by atoms with Crippen LogP contribution in [0.25, 0.3) is 66.8 Å². The number of anilines is 2. The number of aromatic nitrogens is 1. The Kier molecular flexibility index (Phi) is 26.0. The number of hydrogen-bond donors (Lipinski definition) is 4. The summed E-state index contributed by atoms with van der Waals surface area (Å²) in [6, 6.07) is 38.5. The van der Waals surface area contributed by atoms with Gasteiger partial charge >= 0.3 is 1.28 Å². The van der Waals surface area contributed by atoms with Crippen molar-refractivity contribution in [2.24, 2.45) is 5.73 Å². The molecule has 0 radical (unpaired) electrons. The Labute approximate surface area is 548 Å². The molecule has 2 atom stereocenters. The number of nitrogens with one attached hydrogen (secondary N) is 3. The lowest BCUT2D eigenvalue weighted by Crippen LogP contribution is -2.27. The van der Waals surface area contributed by atoms with Crippen molar-refractivity contribution in [1.82, 2.24) is 30.1 Å². The fourth-order valence-electron chi connectivity index (χ4n) is 10.0. The number of carbonyl (C=O) groups excluding carboxylic acids is 5. The van der Waals surface area contributed by atoms with Crippen molar-refractivity contribution in [3.63, 3.8) is 0 Å². The van der Waals surface area contributed by atoms with Crippen molar-refractivity contribution < 1.29 is 43.0 Å². The number of carboxylic acid groups (broad SMARTS) is 2. The van der Waals surface area contributed by atoms with Gasteiger partial charge in [0, 0.05) is 157 Å². The molecule has 2 aliphatic heterocycles. The van der Waals surface area contributed by atoms with Crippen molar-refractivity contribution in [2.75, 3.05) is 98.1 Å². The summed E-state index contributed by atoms with van der Waals surface area (Å²) in [6.45, 7) is 1.25. The molecular weight excluding hydrogens is 1240 g/mol. The Bertz CT molecular complexity index is 4210. The van der Waals surface area contributed by atoms with E-state index in [0.717, 1.165) is 87.5 Å². The van der Waals surface area contributed by atoms with E-state index in [2.05, 4.69) is 41.7 Å². The first-order chi connectivity index (χ1) is 44.1. The van der Waals surface area contributed by atoms with Crippen LogP contribution in [0, 0.1) is 0 Å². The minimum atomic E-state index is -1.38. The van der Waals surface area contributed by atoms with Crippen LogP contribution in [-0.4, -0.2) is 124 Å². The predicted molar refractivity (Wildman–Crippen MR) is 375 cm³/mol. The van der Waals surface area contributed by atoms with Gasteiger partial charge in [-0.25, -0.2) is 14.1 Å². The Hall–Kier alpha value is -8.03. The highest BCUT2D eigenvalue weighted by Gasteiger charge is 2.24. The van der Waals surface area contributed by atoms with Gasteiger partial charge in [-0.2, -0.15) is 0 Å². The van der Waals surface area contributed by atoms with Gasteiger partial charge < -0.3 is 60.1 Å². The van der Waals surface area contributed by atoms with E-state index in [1.54, 1.807) is 52.1 Å². The number of unbranched alkanes of at least 4 members (excludes halogenated alkanes) is 4. The van der Waals surface area contributed by atoms with Crippen molar-refractivity contribution in [2.45, 2.75) is 50.0 Å². The average Bonchev–Trinajstić information content (AvgIpc) is 0.757. The van der Waals surface area contributed by atoms with Gasteiger partial charge in [0.15, 0.2) is 18.8 Å². The third-order valence-electron chi connectivity index (χ3n) is 14.8. The van der Waals surface area contributed by atoms with Crippen LogP contribution in [0.4, 0.5) is 11.4 Å². The van der Waals surface area contributed by atoms with Crippen LogP contribution in [0.5, 0.6) is 0 Å². The standard InChI is InChI=1S/C38H41N5O5S2.C30H34N4O4.H2P2S/c1-42(2)26-12-15-29-32(23-26)48-33-24-27(43(3)4)13-16-30(33)36(29)28-14-11-25(22-31(28)38(46)47)37(45)41-20-8-5-7-18-39-34(44)17-21-49-50-35-10-6-9-19-40-35;1-33(2)20-9-12-23-26(17-20)38-27-18-21(34(3)4)10-13-24(27)28(23)22-11-8-19(16-25(22)30(36)37)29(35)32-15-7-5-6-14-31;1-2-3/h6,9-16,19,22-24H,5,7-8,17-18,20-21H2,1-4H3,(H2-,39,41,44,45,46,47);8-13,16-18H,5-7,14-15,31H2,1-4H3,(H-,32,35,36,37);1H2/p+1/i/hD. The summed E-state index contributed by atoms with van der Waals surface area (Å²) in [5.74, 6) is -1.47. The number of pyridine rings is 1. The molecule has 0 spiro atoms. The first-order valence-corrected chi connectivity index (χ1v) is 35.4. The number of carbonyl (C=O) groups is 5. The second-order valence-corrected chi connectivity index (χ2v) is 27.2. The number of benzene rings is 6. The lowest BCUT2D eigenvalue weighted by molar-refractivity contribution is -0.256. The molecule has 1 aromatic heterocycles. The number of amides is 3. The van der Waals surface area contributed by atoms with Gasteiger partial charge in [-0.15, -0.1) is 0 Å². The Morgan fingerprint density at radius 2 is 1.07 bits per heavy atom. The predicted octanol–water partition coefficient (Wildman–Crippen LogP) is 8.35. The molecule has 5 N–H and O–H groups in total. The van der Waals surface area contributed by atoms with Crippen LogP contribution in [0.15, 0.2) is 147 Å². The maximum absolute atomic E-state index is 13.1. The molecule has 4 aromatic carbocycles. The van der Waals surface area contributed by atoms with E-state index in [9.17, 15) is 34.2 Å². The van der Waals surface area contributed by atoms with Crippen LogP contribution in [-0.2, 0) is 16.6 Å². The number of hydrogen-bond acceptors (Lipinski definition) is 16. The number of rotatable bonds is 24. The van der Waals surface area contributed by atoms with E-state index in [1.807, 2.05) is 166 Å². The van der Waals surface area contributed by atoms with Gasteiger partial charge in [-0.05, 0) is 133 Å². The van der Waals surface area contributed by atoms with Crippen molar-refractivity contribution >= 4 is 112 Å². The number of carboxylic acids is 2. The quantitative estimate of drug-likeness (QED) is 0.0146. The van der Waals surface area contributed by atoms with E-state index in [4.69, 9.17) is 15.8 Å². The lowest BCUT2D eigenvalue weighted by atomic mass is 9.89. The molecule has 0 saturated carbocycles. The van der Waals surface area contributed by atoms with E-state index >= 15 is 0 Å². The van der Waals surface area contributed by atoms with Crippen LogP contribution >= 0.6 is 37.5 Å². The Morgan fingerprint density at radius 3 is 1.48 bits per heavy atom. The monoisotopic (exact) mass is 1320 g/mol. The highest BCUT2D eigenvalue weighted by molar-refractivity contribution is 8.76. The fourth-order valence-corrected chi connectivity index (χ4v) is 11.9. The minimum Gasteiger partial charge on any atom is -0.545 e. The normalized spacial score (nSPS) is 11.2. The summed E-state index contributed by atoms with van der Waals surface area (Å²) in [7, 11) is 20.9. The SMILES string of the molecule is CN(C)c1ccc2c(-c3ccc(C(=O)NCCCCCN)cc3C(=O)[O-])c3ccc(=[N+](C)C)cc-3oc2c1.CN(C)c1ccc2c(-c3ccc(C(=O)NCCCCCNC(=O)CCSSc4ccccn4)cc3C(=O)[O-])c3ccc(=[N+](C)C)cc-3oc2c1.[2H][P+](P)=S. The summed E-state index contributed by atoms with van der Waals surface area (Å²) >= 11 is 4.31. The molecule has 9 rings (SSSR count). The summed E-state index contributed by atoms with van der Waals surface area (Å²) in [5.41, 5.74) is 12.8. The van der Waals surface area contributed by atoms with Gasteiger partial charge in [0.2, 0.25) is 16.6 Å². The number of nitrogens with two attached hydrogens (primary N) is 1. The summed E-state index contributed by atoms with van der Waals surface area (Å²) < 4.78 is 23.1. The van der Waals surface area contributed by atoms with Crippen LogP contribution in [0.1, 0.15) is 86.4 Å². The minimum absolute atomic E-state index is 0.0158. The average molecular weight is 1320 g/mol. The van der Waals surface area contributed by atoms with E-state index < -0.39 is 18.9 Å². The Balaban J connectivity index is 0.000000255. The topological polar surface area (TPSA) is 245 Å². The van der Waals surface area contributed by atoms with Crippen LogP contribution in [0.3, 0.4) is 0 Å². The highest BCUT2D eigenvalue weighted by Crippen LogP contribution is 2.44. The zero-order valence-electron chi connectivity index (χ0n) is 53.4. The number of nitrogens with zero attached hydrogens (tertiary/aromatic N) is 5. The molecule has 18 nitrogen and oxygen atoms in total. The van der Waals surface area contributed by atoms with Gasteiger partial charge in [-0.1, -0.05) is 35.4 Å². The van der Waals surface area contributed by atoms with Gasteiger partial charge in [0.05, 0.1) is 33.0 Å². The molecule has 0 saturated heterocycles. The molecule has 5 aromatic rings. The zero-order chi connectivity index (χ0) is 66.6. The Morgan fingerprint density at radius 1 is 0.615 bits per heavy atom. The van der Waals surface area contributed by atoms with Crippen LogP contribution in [0.2, 0.25) is 0 Å². The smallest absolute Gasteiger partial charge is 0.355 e. The zero-order valence-corrected chi connectivity index (χ0v) is 56.9. The largest absolute Gasteiger partial charge is 0.545 e. The molecule has 476 valence electrons. The van der Waals surface area contributed by atoms with Gasteiger partial charge in [0.25, 0.3) is 11.8 Å². The first kappa shape index (κ1) is 68.9. The third-order valence-corrected chi connectivity index (χ3v) is 17.1. The van der Waals surface area contributed by atoms with E-state index in [1.165, 1.54) is 12.1 Å². The van der Waals surface area contributed by atoms with Crippen molar-refractivity contribution in [1.29, 1.82) is 1.28 Å². The van der Waals surface area contributed by atoms with Crippen molar-refractivity contribution in [3.8, 4) is 44.9 Å². The molecule has 2 unspecified atom stereocenters. The third kappa shape index (κ3) is 19.0. The van der Waals surface area contributed by atoms with E-state index in [-0.39, 0.29) is 40.0 Å². The number of aromatic carboxylic acids is 2. The molecule has 0 bridgehead atoms. The maximum Gasteiger partial charge on any atom is 0.355 e. The first-order valence-electron chi connectivity index (χ1n) is 30.0. The van der Waals surface area contributed by atoms with E-state index in [0.29, 0.717) is 83.3 Å². The van der Waals surface area contributed by atoms with Gasteiger partial charge in [0.1, 0.15) is 55.9 Å². The second-order valence-electron chi connectivity index (χ2n) is 22.0. The molecule has 3 amide bonds. The van der Waals surface area contributed by atoms with Crippen molar-refractivity contribution in [3.05, 3.63) is 167 Å². The molecular formula is C68H78N9O9P2S3+. The maximum atomic E-state index is 13.1. The fraction of sp³-hybridized carbons (Fsp3) is 0.294. The molecule has 4 aliphatic rings. The van der Waals surface area contributed by atoms with Gasteiger partial charge in [-0.3, -0.25) is 14.4 Å².